The van der Waals surface area contributed by atoms with Gasteiger partial charge in [-0.05, 0) is 31.2 Å². The molecule has 0 aliphatic carbocycles. The number of anilines is 2. The summed E-state index contributed by atoms with van der Waals surface area (Å²) < 4.78 is 8.19. The Labute approximate surface area is 163 Å². The van der Waals surface area contributed by atoms with Gasteiger partial charge in [0, 0.05) is 30.0 Å². The van der Waals surface area contributed by atoms with Crippen molar-refractivity contribution in [3.05, 3.63) is 39.3 Å². The number of hydrogen-bond acceptors (Lipinski definition) is 5. The molecule has 0 spiro atoms. The Morgan fingerprint density at radius 3 is 2.81 bits per heavy atom. The molecule has 6 nitrogen and oxygen atoms in total. The number of rotatable bonds is 3. The van der Waals surface area contributed by atoms with Crippen LogP contribution in [-0.4, -0.2) is 42.0 Å². The Morgan fingerprint density at radius 2 is 2.08 bits per heavy atom. The molecule has 1 saturated heterocycles. The van der Waals surface area contributed by atoms with Crippen LogP contribution in [0.2, 0.25) is 0 Å². The van der Waals surface area contributed by atoms with Crippen molar-refractivity contribution in [1.29, 1.82) is 0 Å². The topological polar surface area (TPSA) is 59.4 Å². The molecule has 0 bridgehead atoms. The molecule has 1 amide bonds. The van der Waals surface area contributed by atoms with Gasteiger partial charge in [0.15, 0.2) is 0 Å². The summed E-state index contributed by atoms with van der Waals surface area (Å²) in [5.74, 6) is -0.0989. The predicted octanol–water partition coefficient (Wildman–Crippen LogP) is 3.79. The first-order valence-electron chi connectivity index (χ1n) is 8.39. The molecule has 2 aromatic heterocycles. The normalized spacial score (nSPS) is 14.8. The van der Waals surface area contributed by atoms with Gasteiger partial charge in [-0.25, -0.2) is 0 Å². The van der Waals surface area contributed by atoms with Gasteiger partial charge in [0.2, 0.25) is 0 Å². The summed E-state index contributed by atoms with van der Waals surface area (Å²) >= 11 is 4.96. The van der Waals surface area contributed by atoms with E-state index in [-0.39, 0.29) is 5.91 Å². The lowest BCUT2D eigenvalue weighted by Gasteiger charge is -2.30. The van der Waals surface area contributed by atoms with Gasteiger partial charge in [0.05, 0.1) is 35.2 Å². The van der Waals surface area contributed by atoms with Gasteiger partial charge in [-0.1, -0.05) is 15.9 Å². The molecule has 1 aliphatic heterocycles. The third-order valence-corrected chi connectivity index (χ3v) is 6.17. The zero-order valence-corrected chi connectivity index (χ0v) is 17.0. The number of nitrogens with one attached hydrogen (secondary N) is 1. The van der Waals surface area contributed by atoms with E-state index in [4.69, 9.17) is 4.74 Å². The van der Waals surface area contributed by atoms with Crippen LogP contribution in [0.15, 0.2) is 28.7 Å². The average Bonchev–Trinajstić information content (AvgIpc) is 3.18. The number of morpholine rings is 1. The fourth-order valence-electron chi connectivity index (χ4n) is 3.19. The molecule has 1 fully saturated rings. The van der Waals surface area contributed by atoms with Crippen molar-refractivity contribution in [1.82, 2.24) is 9.78 Å². The number of benzene rings is 1. The maximum atomic E-state index is 12.9. The molecule has 3 aromatic rings. The lowest BCUT2D eigenvalue weighted by Crippen LogP contribution is -2.36. The van der Waals surface area contributed by atoms with Crippen LogP contribution in [-0.2, 0) is 11.8 Å². The molecule has 1 aromatic carbocycles. The number of halogens is 1. The standard InChI is InChI=1S/C18H19BrN4O2S/c1-11-13-10-16(26-18(13)22(2)21-11)17(24)20-14-9-12(19)3-4-15(14)23-5-7-25-8-6-23/h3-4,9-10H,5-8H2,1-2H3,(H,20,24). The summed E-state index contributed by atoms with van der Waals surface area (Å²) in [6.07, 6.45) is 0. The first kappa shape index (κ1) is 17.5. The van der Waals surface area contributed by atoms with Gasteiger partial charge in [-0.15, -0.1) is 11.3 Å². The Balaban J connectivity index is 1.63. The van der Waals surface area contributed by atoms with Crippen LogP contribution in [0.5, 0.6) is 0 Å². The van der Waals surface area contributed by atoms with Gasteiger partial charge in [-0.3, -0.25) is 9.48 Å². The lowest BCUT2D eigenvalue weighted by molar-refractivity contribution is 0.103. The molecular formula is C18H19BrN4O2S. The molecule has 0 atom stereocenters. The number of carbonyl (C=O) groups is 1. The van der Waals surface area contributed by atoms with E-state index in [9.17, 15) is 4.79 Å². The number of thiophene rings is 1. The minimum Gasteiger partial charge on any atom is -0.378 e. The monoisotopic (exact) mass is 434 g/mol. The Hall–Kier alpha value is -1.90. The van der Waals surface area contributed by atoms with Crippen LogP contribution < -0.4 is 10.2 Å². The SMILES string of the molecule is Cc1nn(C)c2sc(C(=O)Nc3cc(Br)ccc3N3CCOCC3)cc12. The van der Waals surface area contributed by atoms with Crippen molar-refractivity contribution >= 4 is 54.8 Å². The second-order valence-electron chi connectivity index (χ2n) is 6.25. The molecule has 4 rings (SSSR count). The maximum Gasteiger partial charge on any atom is 0.265 e. The van der Waals surface area contributed by atoms with Gasteiger partial charge in [0.1, 0.15) is 4.83 Å². The van der Waals surface area contributed by atoms with Gasteiger partial charge in [-0.2, -0.15) is 5.10 Å². The van der Waals surface area contributed by atoms with Crippen molar-refractivity contribution in [3.63, 3.8) is 0 Å². The number of aryl methyl sites for hydroxylation is 2. The average molecular weight is 435 g/mol. The molecule has 1 N–H and O–H groups in total. The van der Waals surface area contributed by atoms with Crippen molar-refractivity contribution in [2.45, 2.75) is 6.92 Å². The van der Waals surface area contributed by atoms with Crippen molar-refractivity contribution in [2.24, 2.45) is 7.05 Å². The van der Waals surface area contributed by atoms with E-state index in [0.29, 0.717) is 18.1 Å². The summed E-state index contributed by atoms with van der Waals surface area (Å²) in [6.45, 7) is 5.00. The fraction of sp³-hybridized carbons (Fsp3) is 0.333. The van der Waals surface area contributed by atoms with Gasteiger partial charge < -0.3 is 15.0 Å². The molecule has 1 aliphatic rings. The molecule has 0 unspecified atom stereocenters. The lowest BCUT2D eigenvalue weighted by atomic mass is 10.2. The second kappa shape index (κ2) is 7.02. The van der Waals surface area contributed by atoms with Crippen LogP contribution in [0, 0.1) is 6.92 Å². The van der Waals surface area contributed by atoms with Crippen LogP contribution in [0.3, 0.4) is 0 Å². The Morgan fingerprint density at radius 1 is 1.31 bits per heavy atom. The number of nitrogens with zero attached hydrogens (tertiary/aromatic N) is 3. The van der Waals surface area contributed by atoms with Crippen molar-refractivity contribution in [2.75, 3.05) is 36.5 Å². The Kier molecular flexibility index (Phi) is 4.73. The van der Waals surface area contributed by atoms with Crippen LogP contribution >= 0.6 is 27.3 Å². The molecule has 26 heavy (non-hydrogen) atoms. The molecule has 0 radical (unpaired) electrons. The number of hydrogen-bond donors (Lipinski definition) is 1. The van der Waals surface area contributed by atoms with E-state index >= 15 is 0 Å². The predicted molar refractivity (Wildman–Crippen MR) is 108 cm³/mol. The van der Waals surface area contributed by atoms with Crippen LogP contribution in [0.1, 0.15) is 15.4 Å². The highest BCUT2D eigenvalue weighted by molar-refractivity contribution is 9.10. The van der Waals surface area contributed by atoms with E-state index in [2.05, 4.69) is 31.2 Å². The van der Waals surface area contributed by atoms with E-state index < -0.39 is 0 Å². The molecular weight excluding hydrogens is 416 g/mol. The maximum absolute atomic E-state index is 12.9. The largest absolute Gasteiger partial charge is 0.378 e. The highest BCUT2D eigenvalue weighted by Gasteiger charge is 2.19. The third-order valence-electron chi connectivity index (χ3n) is 4.48. The number of aromatic nitrogens is 2. The molecule has 8 heteroatoms. The van der Waals surface area contributed by atoms with E-state index in [1.807, 2.05) is 42.9 Å². The molecule has 3 heterocycles. The summed E-state index contributed by atoms with van der Waals surface area (Å²) in [7, 11) is 1.90. The van der Waals surface area contributed by atoms with E-state index in [1.165, 1.54) is 11.3 Å². The number of fused-ring (bicyclic) bond motifs is 1. The minimum absolute atomic E-state index is 0.0989. The quantitative estimate of drug-likeness (QED) is 0.680. The van der Waals surface area contributed by atoms with Crippen molar-refractivity contribution < 1.29 is 9.53 Å². The van der Waals surface area contributed by atoms with E-state index in [1.54, 1.807) is 0 Å². The van der Waals surface area contributed by atoms with Crippen molar-refractivity contribution in [3.8, 4) is 0 Å². The third kappa shape index (κ3) is 3.24. The highest BCUT2D eigenvalue weighted by atomic mass is 79.9. The number of amides is 1. The van der Waals surface area contributed by atoms with Gasteiger partial charge >= 0.3 is 0 Å². The highest BCUT2D eigenvalue weighted by Crippen LogP contribution is 2.32. The first-order valence-corrected chi connectivity index (χ1v) is 10.0. The zero-order valence-electron chi connectivity index (χ0n) is 14.6. The molecule has 0 saturated carbocycles. The second-order valence-corrected chi connectivity index (χ2v) is 8.20. The van der Waals surface area contributed by atoms with Crippen LogP contribution in [0.4, 0.5) is 11.4 Å². The summed E-state index contributed by atoms with van der Waals surface area (Å²) in [5, 5.41) is 8.51. The van der Waals surface area contributed by atoms with Crippen LogP contribution in [0.25, 0.3) is 10.2 Å². The first-order chi connectivity index (χ1) is 12.5. The fourth-order valence-corrected chi connectivity index (χ4v) is 4.57. The smallest absolute Gasteiger partial charge is 0.265 e. The number of carbonyl (C=O) groups excluding carboxylic acids is 1. The summed E-state index contributed by atoms with van der Waals surface area (Å²) in [5.41, 5.74) is 2.76. The summed E-state index contributed by atoms with van der Waals surface area (Å²) in [4.78, 5) is 16.8. The summed E-state index contributed by atoms with van der Waals surface area (Å²) in [6, 6.07) is 7.89. The number of ether oxygens (including phenoxy) is 1. The van der Waals surface area contributed by atoms with Gasteiger partial charge in [0.25, 0.3) is 5.91 Å². The molecule has 136 valence electrons. The minimum atomic E-state index is -0.0989. The Bertz CT molecular complexity index is 941. The van der Waals surface area contributed by atoms with E-state index in [0.717, 1.165) is 44.8 Å². The zero-order chi connectivity index (χ0) is 18.3.